The van der Waals surface area contributed by atoms with Crippen LogP contribution >= 0.6 is 0 Å². The Labute approximate surface area is 248 Å². The Morgan fingerprint density at radius 1 is 0.860 bits per heavy atom. The Morgan fingerprint density at radius 3 is 2.19 bits per heavy atom. The first kappa shape index (κ1) is 30.9. The summed E-state index contributed by atoms with van der Waals surface area (Å²) >= 11 is 0. The number of piperazine rings is 1. The molecule has 0 aliphatic carbocycles. The van der Waals surface area contributed by atoms with Crippen molar-refractivity contribution in [3.05, 3.63) is 82.4 Å². The second-order valence-electron chi connectivity index (χ2n) is 11.2. The van der Waals surface area contributed by atoms with Gasteiger partial charge in [0.1, 0.15) is 11.6 Å². The number of benzene rings is 3. The van der Waals surface area contributed by atoms with Crippen molar-refractivity contribution in [1.82, 2.24) is 9.80 Å². The fourth-order valence-corrected chi connectivity index (χ4v) is 5.66. The quantitative estimate of drug-likeness (QED) is 0.336. The molecule has 0 bridgehead atoms. The van der Waals surface area contributed by atoms with Gasteiger partial charge in [-0.05, 0) is 72.5 Å². The summed E-state index contributed by atoms with van der Waals surface area (Å²) in [7, 11) is 0. The molecule has 3 aromatic rings. The maximum Gasteiger partial charge on any atom is 0.401 e. The molecule has 230 valence electrons. The van der Waals surface area contributed by atoms with Crippen LogP contribution in [0.25, 0.3) is 11.1 Å². The number of hydrogen-bond donors (Lipinski definition) is 1. The molecule has 2 fully saturated rings. The van der Waals surface area contributed by atoms with E-state index in [1.54, 1.807) is 44.2 Å². The van der Waals surface area contributed by atoms with E-state index in [9.17, 15) is 22.4 Å². The predicted molar refractivity (Wildman–Crippen MR) is 156 cm³/mol. The number of halogens is 5. The van der Waals surface area contributed by atoms with Crippen molar-refractivity contribution in [2.24, 2.45) is 0 Å². The zero-order valence-electron chi connectivity index (χ0n) is 24.2. The summed E-state index contributed by atoms with van der Waals surface area (Å²) in [5, 5.41) is 2.92. The van der Waals surface area contributed by atoms with Gasteiger partial charge in [-0.1, -0.05) is 12.1 Å². The summed E-state index contributed by atoms with van der Waals surface area (Å²) in [5.41, 5.74) is 3.79. The van der Waals surface area contributed by atoms with E-state index in [-0.39, 0.29) is 24.5 Å². The van der Waals surface area contributed by atoms with Crippen molar-refractivity contribution in [3.8, 4) is 11.1 Å². The second kappa shape index (κ2) is 13.0. The minimum absolute atomic E-state index is 0.198. The number of carbonyl (C=O) groups is 1. The van der Waals surface area contributed by atoms with Crippen LogP contribution in [0.15, 0.2) is 48.5 Å². The first-order chi connectivity index (χ1) is 20.5. The number of alkyl halides is 3. The predicted octanol–water partition coefficient (Wildman–Crippen LogP) is 6.02. The monoisotopic (exact) mass is 602 g/mol. The molecule has 1 amide bonds. The van der Waals surface area contributed by atoms with Gasteiger partial charge in [-0.25, -0.2) is 8.78 Å². The van der Waals surface area contributed by atoms with Crippen molar-refractivity contribution >= 4 is 17.3 Å². The molecule has 6 nitrogen and oxygen atoms in total. The Hall–Kier alpha value is -3.54. The fourth-order valence-electron chi connectivity index (χ4n) is 5.66. The van der Waals surface area contributed by atoms with Crippen LogP contribution in [0.4, 0.5) is 33.3 Å². The Balaban J connectivity index is 1.45. The van der Waals surface area contributed by atoms with Gasteiger partial charge < -0.3 is 15.0 Å². The summed E-state index contributed by atoms with van der Waals surface area (Å²) in [4.78, 5) is 18.9. The number of rotatable bonds is 7. The van der Waals surface area contributed by atoms with Gasteiger partial charge in [0, 0.05) is 56.9 Å². The van der Waals surface area contributed by atoms with Crippen LogP contribution in [0.2, 0.25) is 0 Å². The lowest BCUT2D eigenvalue weighted by Gasteiger charge is -2.37. The number of aryl methyl sites for hydroxylation is 2. The molecule has 0 atom stereocenters. The fraction of sp³-hybridized carbons (Fsp3) is 0.406. The van der Waals surface area contributed by atoms with E-state index in [4.69, 9.17) is 4.74 Å². The van der Waals surface area contributed by atoms with Crippen molar-refractivity contribution in [2.45, 2.75) is 26.6 Å². The molecule has 2 heterocycles. The molecule has 2 aliphatic rings. The number of anilines is 2. The number of nitrogens with one attached hydrogen (secondary N) is 1. The van der Waals surface area contributed by atoms with E-state index in [1.165, 1.54) is 23.1 Å². The summed E-state index contributed by atoms with van der Waals surface area (Å²) in [5.74, 6) is -1.27. The van der Waals surface area contributed by atoms with Crippen molar-refractivity contribution in [1.29, 1.82) is 0 Å². The van der Waals surface area contributed by atoms with Crippen LogP contribution in [0, 0.1) is 25.5 Å². The molecule has 5 rings (SSSR count). The summed E-state index contributed by atoms with van der Waals surface area (Å²) in [6, 6.07) is 13.1. The zero-order valence-corrected chi connectivity index (χ0v) is 24.2. The highest BCUT2D eigenvalue weighted by Crippen LogP contribution is 2.35. The van der Waals surface area contributed by atoms with Gasteiger partial charge >= 0.3 is 6.18 Å². The van der Waals surface area contributed by atoms with Crippen LogP contribution in [-0.2, 0) is 11.3 Å². The first-order valence-corrected chi connectivity index (χ1v) is 14.3. The molecule has 2 saturated heterocycles. The smallest absolute Gasteiger partial charge is 0.379 e. The lowest BCUT2D eigenvalue weighted by Crippen LogP contribution is -2.49. The van der Waals surface area contributed by atoms with Crippen molar-refractivity contribution in [2.75, 3.05) is 69.2 Å². The van der Waals surface area contributed by atoms with Crippen LogP contribution in [0.5, 0.6) is 0 Å². The average molecular weight is 603 g/mol. The highest BCUT2D eigenvalue weighted by Gasteiger charge is 2.32. The number of morpholine rings is 1. The largest absolute Gasteiger partial charge is 0.401 e. The number of hydrogen-bond acceptors (Lipinski definition) is 5. The number of amides is 1. The third kappa shape index (κ3) is 7.70. The maximum absolute atomic E-state index is 15.2. The normalized spacial score (nSPS) is 16.9. The minimum Gasteiger partial charge on any atom is -0.379 e. The first-order valence-electron chi connectivity index (χ1n) is 14.3. The van der Waals surface area contributed by atoms with Crippen LogP contribution < -0.4 is 10.2 Å². The Kier molecular flexibility index (Phi) is 9.33. The molecule has 1 N–H and O–H groups in total. The highest BCUT2D eigenvalue weighted by molar-refractivity contribution is 6.06. The van der Waals surface area contributed by atoms with Crippen LogP contribution in [0.1, 0.15) is 27.0 Å². The van der Waals surface area contributed by atoms with E-state index in [1.807, 2.05) is 4.90 Å². The molecule has 2 aliphatic heterocycles. The highest BCUT2D eigenvalue weighted by atomic mass is 19.4. The van der Waals surface area contributed by atoms with E-state index < -0.39 is 24.4 Å². The standard InChI is InChI=1S/C32H35F5N4O2/c1-21-15-25(16-22(2)30(21)34)31(42)38-28-18-24(4-6-29(28)41-9-7-40(8-10-41)20-32(35,36)37)26-17-23(3-5-27(26)33)19-39-11-13-43-14-12-39/h3-6,15-18H,7-14,19-20H2,1-2H3,(H,38,42). The second-order valence-corrected chi connectivity index (χ2v) is 11.2. The van der Waals surface area contributed by atoms with Gasteiger partial charge in [0.15, 0.2) is 0 Å². The van der Waals surface area contributed by atoms with Gasteiger partial charge in [-0.3, -0.25) is 14.6 Å². The molecule has 0 radical (unpaired) electrons. The topological polar surface area (TPSA) is 48.1 Å². The summed E-state index contributed by atoms with van der Waals surface area (Å²) in [6.45, 7) is 6.73. The molecule has 0 spiro atoms. The Bertz CT molecular complexity index is 1440. The molecule has 3 aromatic carbocycles. The zero-order chi connectivity index (χ0) is 30.7. The minimum atomic E-state index is -4.28. The van der Waals surface area contributed by atoms with Crippen LogP contribution in [0.3, 0.4) is 0 Å². The number of nitrogens with zero attached hydrogens (tertiary/aromatic N) is 3. The van der Waals surface area contributed by atoms with E-state index in [0.717, 1.165) is 18.7 Å². The number of ether oxygens (including phenoxy) is 1. The van der Waals surface area contributed by atoms with Gasteiger partial charge in [-0.15, -0.1) is 0 Å². The molecular formula is C32H35F5N4O2. The van der Waals surface area contributed by atoms with Crippen LogP contribution in [-0.4, -0.2) is 80.9 Å². The van der Waals surface area contributed by atoms with Crippen molar-refractivity contribution in [3.63, 3.8) is 0 Å². The third-order valence-electron chi connectivity index (χ3n) is 7.91. The average Bonchev–Trinajstić information content (AvgIpc) is 2.97. The van der Waals surface area contributed by atoms with E-state index in [0.29, 0.717) is 66.5 Å². The lowest BCUT2D eigenvalue weighted by molar-refractivity contribution is -0.146. The summed E-state index contributed by atoms with van der Waals surface area (Å²) in [6.07, 6.45) is -4.28. The molecule has 0 unspecified atom stereocenters. The van der Waals surface area contributed by atoms with E-state index >= 15 is 4.39 Å². The number of carbonyl (C=O) groups excluding carboxylic acids is 1. The molecule has 0 saturated carbocycles. The maximum atomic E-state index is 15.2. The van der Waals surface area contributed by atoms with Gasteiger partial charge in [-0.2, -0.15) is 13.2 Å². The molecule has 0 aromatic heterocycles. The lowest BCUT2D eigenvalue weighted by atomic mass is 10.00. The third-order valence-corrected chi connectivity index (χ3v) is 7.91. The Morgan fingerprint density at radius 2 is 1.53 bits per heavy atom. The van der Waals surface area contributed by atoms with E-state index in [2.05, 4.69) is 10.2 Å². The summed E-state index contributed by atoms with van der Waals surface area (Å²) < 4.78 is 73.7. The van der Waals surface area contributed by atoms with Gasteiger partial charge in [0.05, 0.1) is 31.1 Å². The molecular weight excluding hydrogens is 567 g/mol. The van der Waals surface area contributed by atoms with Crippen molar-refractivity contribution < 1.29 is 31.5 Å². The SMILES string of the molecule is Cc1cc(C(=O)Nc2cc(-c3cc(CN4CCOCC4)ccc3F)ccc2N2CCN(CC(F)(F)F)CC2)cc(C)c1F. The molecule has 43 heavy (non-hydrogen) atoms. The van der Waals surface area contributed by atoms with Gasteiger partial charge in [0.2, 0.25) is 0 Å². The molecule has 11 heteroatoms. The van der Waals surface area contributed by atoms with Gasteiger partial charge in [0.25, 0.3) is 5.91 Å².